The van der Waals surface area contributed by atoms with Crippen molar-refractivity contribution in [2.24, 2.45) is 0 Å². The first-order valence-electron chi connectivity index (χ1n) is 3.05. The van der Waals surface area contributed by atoms with Crippen LogP contribution in [0.25, 0.3) is 0 Å². The van der Waals surface area contributed by atoms with Crippen LogP contribution in [0.2, 0.25) is 0 Å². The second-order valence-corrected chi connectivity index (χ2v) is 2.17. The number of ether oxygens (including phenoxy) is 1. The monoisotopic (exact) mass is 146 g/mol. The molecule has 1 unspecified atom stereocenters. The summed E-state index contributed by atoms with van der Waals surface area (Å²) >= 11 is 0. The summed E-state index contributed by atoms with van der Waals surface area (Å²) in [4.78, 5) is 0. The Hall–Kier alpha value is -0.580. The van der Waals surface area contributed by atoms with Crippen LogP contribution in [0.1, 0.15) is 0 Å². The van der Waals surface area contributed by atoms with Gasteiger partial charge in [-0.2, -0.15) is 0 Å². The Bertz CT molecular complexity index is 134. The second kappa shape index (κ2) is 3.01. The summed E-state index contributed by atoms with van der Waals surface area (Å²) in [6.45, 7) is -0.289. The van der Waals surface area contributed by atoms with E-state index in [1.807, 2.05) is 0 Å². The molecule has 3 atom stereocenters. The van der Waals surface area contributed by atoms with E-state index in [2.05, 4.69) is 0 Å². The number of aliphatic hydroxyl groups excluding tert-OH is 3. The zero-order valence-corrected chi connectivity index (χ0v) is 5.34. The first-order valence-corrected chi connectivity index (χ1v) is 3.05. The van der Waals surface area contributed by atoms with Crippen LogP contribution in [0.4, 0.5) is 0 Å². The maximum Gasteiger partial charge on any atom is 0.149 e. The van der Waals surface area contributed by atoms with Crippen LogP contribution in [0.3, 0.4) is 0 Å². The van der Waals surface area contributed by atoms with Gasteiger partial charge in [-0.3, -0.25) is 0 Å². The van der Waals surface area contributed by atoms with E-state index in [4.69, 9.17) is 20.1 Å². The molecule has 0 aromatic heterocycles. The van der Waals surface area contributed by atoms with Crippen molar-refractivity contribution in [2.45, 2.75) is 18.3 Å². The van der Waals surface area contributed by atoms with Crippen molar-refractivity contribution in [3.63, 3.8) is 0 Å². The summed E-state index contributed by atoms with van der Waals surface area (Å²) in [7, 11) is 0. The van der Waals surface area contributed by atoms with Crippen LogP contribution in [0.5, 0.6) is 0 Å². The van der Waals surface area contributed by atoms with Crippen LogP contribution in [0.15, 0.2) is 12.3 Å². The molecule has 0 bridgehead atoms. The van der Waals surface area contributed by atoms with Crippen molar-refractivity contribution in [3.05, 3.63) is 12.3 Å². The lowest BCUT2D eigenvalue weighted by molar-refractivity contribution is -0.0808. The summed E-state index contributed by atoms with van der Waals surface area (Å²) in [5.41, 5.74) is 0. The van der Waals surface area contributed by atoms with E-state index >= 15 is 0 Å². The molecule has 0 aliphatic carbocycles. The van der Waals surface area contributed by atoms with Gasteiger partial charge in [0.2, 0.25) is 0 Å². The van der Waals surface area contributed by atoms with Gasteiger partial charge < -0.3 is 20.1 Å². The molecule has 0 spiro atoms. The molecule has 0 saturated heterocycles. The van der Waals surface area contributed by atoms with Crippen molar-refractivity contribution in [1.29, 1.82) is 0 Å². The van der Waals surface area contributed by atoms with Crippen molar-refractivity contribution >= 4 is 0 Å². The van der Waals surface area contributed by atoms with Gasteiger partial charge in [0.25, 0.3) is 0 Å². The number of rotatable bonds is 1. The SMILES string of the molecule is OCC1OC=C[C@@H](O)[C@@H]1O. The van der Waals surface area contributed by atoms with E-state index in [1.165, 1.54) is 12.3 Å². The minimum Gasteiger partial charge on any atom is -0.493 e. The van der Waals surface area contributed by atoms with Gasteiger partial charge in [-0.1, -0.05) is 0 Å². The van der Waals surface area contributed by atoms with E-state index in [9.17, 15) is 0 Å². The van der Waals surface area contributed by atoms with Gasteiger partial charge in [0, 0.05) is 0 Å². The molecule has 0 aromatic rings. The van der Waals surface area contributed by atoms with Crippen LogP contribution in [0, 0.1) is 0 Å². The van der Waals surface area contributed by atoms with Crippen molar-refractivity contribution in [3.8, 4) is 0 Å². The molecule has 0 radical (unpaired) electrons. The second-order valence-electron chi connectivity index (χ2n) is 2.17. The largest absolute Gasteiger partial charge is 0.493 e. The van der Waals surface area contributed by atoms with Crippen molar-refractivity contribution in [1.82, 2.24) is 0 Å². The van der Waals surface area contributed by atoms with Gasteiger partial charge in [-0.15, -0.1) is 0 Å². The van der Waals surface area contributed by atoms with Gasteiger partial charge in [0.1, 0.15) is 18.3 Å². The highest BCUT2D eigenvalue weighted by Crippen LogP contribution is 2.10. The number of hydrogen-bond acceptors (Lipinski definition) is 4. The summed E-state index contributed by atoms with van der Waals surface area (Å²) in [6, 6.07) is 0. The zero-order valence-electron chi connectivity index (χ0n) is 5.34. The molecule has 0 aromatic carbocycles. The summed E-state index contributed by atoms with van der Waals surface area (Å²) in [5, 5.41) is 26.6. The highest BCUT2D eigenvalue weighted by Gasteiger charge is 2.27. The lowest BCUT2D eigenvalue weighted by Crippen LogP contribution is -2.42. The molecule has 58 valence electrons. The maximum atomic E-state index is 9.05. The molecule has 10 heavy (non-hydrogen) atoms. The Morgan fingerprint density at radius 1 is 1.40 bits per heavy atom. The normalized spacial score (nSPS) is 39.3. The van der Waals surface area contributed by atoms with Gasteiger partial charge in [-0.25, -0.2) is 0 Å². The molecular formula is C6H10O4. The van der Waals surface area contributed by atoms with E-state index in [0.29, 0.717) is 0 Å². The van der Waals surface area contributed by atoms with E-state index in [0.717, 1.165) is 0 Å². The maximum absolute atomic E-state index is 9.05. The average Bonchev–Trinajstić information content (AvgIpc) is 1.95. The smallest absolute Gasteiger partial charge is 0.149 e. The van der Waals surface area contributed by atoms with Crippen LogP contribution in [-0.4, -0.2) is 40.2 Å². The molecule has 1 aliphatic rings. The molecule has 0 fully saturated rings. The van der Waals surface area contributed by atoms with Gasteiger partial charge in [0.15, 0.2) is 0 Å². The van der Waals surface area contributed by atoms with Gasteiger partial charge in [-0.05, 0) is 6.08 Å². The molecule has 0 amide bonds. The van der Waals surface area contributed by atoms with Crippen molar-refractivity contribution < 1.29 is 20.1 Å². The lowest BCUT2D eigenvalue weighted by atomic mass is 10.1. The van der Waals surface area contributed by atoms with Crippen LogP contribution in [-0.2, 0) is 4.74 Å². The predicted octanol–water partition coefficient (Wildman–Crippen LogP) is -1.39. The molecule has 4 heteroatoms. The van der Waals surface area contributed by atoms with Gasteiger partial charge in [0.05, 0.1) is 12.9 Å². The van der Waals surface area contributed by atoms with Crippen LogP contribution >= 0.6 is 0 Å². The Morgan fingerprint density at radius 3 is 2.60 bits per heavy atom. The highest BCUT2D eigenvalue weighted by molar-refractivity contribution is 4.96. The summed E-state index contributed by atoms with van der Waals surface area (Å²) in [6.07, 6.45) is -0.0318. The first kappa shape index (κ1) is 7.53. The fraction of sp³-hybridized carbons (Fsp3) is 0.667. The quantitative estimate of drug-likeness (QED) is 0.426. The number of aliphatic hydroxyl groups is 3. The van der Waals surface area contributed by atoms with Gasteiger partial charge >= 0.3 is 0 Å². The Balaban J connectivity index is 2.56. The molecule has 3 N–H and O–H groups in total. The third kappa shape index (κ3) is 1.29. The van der Waals surface area contributed by atoms with E-state index in [1.54, 1.807) is 0 Å². The Kier molecular flexibility index (Phi) is 2.26. The highest BCUT2D eigenvalue weighted by atomic mass is 16.5. The predicted molar refractivity (Wildman–Crippen MR) is 33.1 cm³/mol. The number of hydrogen-bond donors (Lipinski definition) is 3. The molecule has 1 rings (SSSR count). The Labute approximate surface area is 58.4 Å². The Morgan fingerprint density at radius 2 is 2.10 bits per heavy atom. The molecule has 1 aliphatic heterocycles. The first-order chi connectivity index (χ1) is 4.75. The fourth-order valence-corrected chi connectivity index (χ4v) is 0.792. The lowest BCUT2D eigenvalue weighted by Gasteiger charge is -2.26. The topological polar surface area (TPSA) is 69.9 Å². The summed E-state index contributed by atoms with van der Waals surface area (Å²) < 4.78 is 4.77. The fourth-order valence-electron chi connectivity index (χ4n) is 0.792. The van der Waals surface area contributed by atoms with E-state index < -0.39 is 18.3 Å². The standard InChI is InChI=1S/C6H10O4/c7-3-5-6(9)4(8)1-2-10-5/h1-2,4-9H,3H2/t4-,5?,6+/m1/s1. The minimum absolute atomic E-state index is 0.289. The molecular weight excluding hydrogens is 136 g/mol. The third-order valence-electron chi connectivity index (χ3n) is 1.44. The van der Waals surface area contributed by atoms with Crippen LogP contribution < -0.4 is 0 Å². The third-order valence-corrected chi connectivity index (χ3v) is 1.44. The summed E-state index contributed by atoms with van der Waals surface area (Å²) in [5.74, 6) is 0. The molecule has 4 nitrogen and oxygen atoms in total. The minimum atomic E-state index is -1.02. The average molecular weight is 146 g/mol. The molecule has 1 heterocycles. The zero-order chi connectivity index (χ0) is 7.56. The van der Waals surface area contributed by atoms with Crippen molar-refractivity contribution in [2.75, 3.05) is 6.61 Å². The molecule has 0 saturated carbocycles. The van der Waals surface area contributed by atoms with E-state index in [-0.39, 0.29) is 6.61 Å².